The van der Waals surface area contributed by atoms with Crippen LogP contribution < -0.4 is 15.6 Å². The van der Waals surface area contributed by atoms with E-state index in [1.165, 1.54) is 10.5 Å². The molecule has 0 unspecified atom stereocenters. The predicted molar refractivity (Wildman–Crippen MR) is 140 cm³/mol. The molecule has 4 aromatic rings. The average molecular weight is 479 g/mol. The Labute approximate surface area is 209 Å². The van der Waals surface area contributed by atoms with Crippen LogP contribution in [0.5, 0.6) is 11.6 Å². The summed E-state index contributed by atoms with van der Waals surface area (Å²) in [6.45, 7) is 7.68. The molecule has 0 bridgehead atoms. The number of pyridine rings is 1. The first-order valence-electron chi connectivity index (χ1n) is 11.6. The molecule has 0 saturated heterocycles. The van der Waals surface area contributed by atoms with Gasteiger partial charge in [-0.25, -0.2) is 0 Å². The van der Waals surface area contributed by atoms with Crippen molar-refractivity contribution in [2.75, 3.05) is 5.32 Å². The van der Waals surface area contributed by atoms with Crippen LogP contribution in [0.4, 0.5) is 5.69 Å². The van der Waals surface area contributed by atoms with Gasteiger partial charge in [0.1, 0.15) is 28.6 Å². The van der Waals surface area contributed by atoms with Gasteiger partial charge in [0.25, 0.3) is 11.5 Å². The fraction of sp³-hybridized carbons (Fsp3) is 0.172. The number of ether oxygens (including phenoxy) is 1. The number of aromatic nitrogens is 2. The van der Waals surface area contributed by atoms with E-state index in [0.29, 0.717) is 17.1 Å². The van der Waals surface area contributed by atoms with Crippen LogP contribution in [0, 0.1) is 32.1 Å². The Morgan fingerprint density at radius 3 is 2.56 bits per heavy atom. The Hall–Kier alpha value is -4.70. The molecule has 0 aliphatic rings. The van der Waals surface area contributed by atoms with Gasteiger partial charge in [-0.2, -0.15) is 10.2 Å². The Bertz CT molecular complexity index is 1590. The summed E-state index contributed by atoms with van der Waals surface area (Å²) in [6.07, 6.45) is 3.71. The molecule has 7 heteroatoms. The molecule has 7 nitrogen and oxygen atoms in total. The molecule has 1 N–H and O–H groups in total. The summed E-state index contributed by atoms with van der Waals surface area (Å²) < 4.78 is 7.40. The van der Waals surface area contributed by atoms with Gasteiger partial charge in [-0.3, -0.25) is 14.0 Å². The molecule has 0 fully saturated rings. The normalized spacial score (nSPS) is 11.2. The molecule has 2 aromatic carbocycles. The van der Waals surface area contributed by atoms with Gasteiger partial charge in [-0.05, 0) is 79.8 Å². The van der Waals surface area contributed by atoms with Crippen LogP contribution >= 0.6 is 0 Å². The summed E-state index contributed by atoms with van der Waals surface area (Å²) in [5.74, 6) is -0.117. The number of nitrogens with zero attached hydrogens (tertiary/aromatic N) is 3. The number of nitrogens with one attached hydrogen (secondary N) is 1. The fourth-order valence-corrected chi connectivity index (χ4v) is 3.75. The van der Waals surface area contributed by atoms with Crippen LogP contribution in [-0.4, -0.2) is 15.3 Å². The van der Waals surface area contributed by atoms with Gasteiger partial charge in [0, 0.05) is 11.9 Å². The lowest BCUT2D eigenvalue weighted by atomic mass is 10.1. The molecule has 0 spiro atoms. The van der Waals surface area contributed by atoms with Gasteiger partial charge in [0.15, 0.2) is 0 Å². The lowest BCUT2D eigenvalue weighted by molar-refractivity contribution is -0.112. The second-order valence-electron chi connectivity index (χ2n) is 8.56. The van der Waals surface area contributed by atoms with Crippen LogP contribution in [0.1, 0.15) is 34.7 Å². The number of rotatable bonds is 6. The predicted octanol–water partition coefficient (Wildman–Crippen LogP) is 5.52. The monoisotopic (exact) mass is 478 g/mol. The van der Waals surface area contributed by atoms with E-state index >= 15 is 0 Å². The molecular formula is C29H26N4O3. The maximum absolute atomic E-state index is 13.5. The third kappa shape index (κ3) is 5.03. The number of amides is 1. The number of anilines is 1. The summed E-state index contributed by atoms with van der Waals surface area (Å²) in [5, 5.41) is 12.6. The average Bonchev–Trinajstić information content (AvgIpc) is 2.87. The molecule has 0 aliphatic heterocycles. The van der Waals surface area contributed by atoms with Crippen LogP contribution in [-0.2, 0) is 11.2 Å². The SMILES string of the molecule is CCc1ccc(Oc2nc3c(C)cccn3c(=O)c2/C=C(/C#N)C(=O)Nc2cc(C)ccc2C)cc1. The molecule has 2 heterocycles. The summed E-state index contributed by atoms with van der Waals surface area (Å²) in [5.41, 5.74) is 4.08. The van der Waals surface area contributed by atoms with Gasteiger partial charge < -0.3 is 10.1 Å². The first-order valence-corrected chi connectivity index (χ1v) is 11.6. The van der Waals surface area contributed by atoms with Crippen molar-refractivity contribution in [1.82, 2.24) is 9.38 Å². The van der Waals surface area contributed by atoms with Crippen molar-refractivity contribution in [3.8, 4) is 17.7 Å². The van der Waals surface area contributed by atoms with Gasteiger partial charge in [0.05, 0.1) is 0 Å². The number of benzene rings is 2. The van der Waals surface area contributed by atoms with E-state index in [1.807, 2.05) is 63.2 Å². The fourth-order valence-electron chi connectivity index (χ4n) is 3.75. The molecule has 180 valence electrons. The van der Waals surface area contributed by atoms with Gasteiger partial charge in [-0.1, -0.05) is 37.3 Å². The van der Waals surface area contributed by atoms with Crippen molar-refractivity contribution in [2.24, 2.45) is 0 Å². The van der Waals surface area contributed by atoms with Crippen LogP contribution in [0.15, 0.2) is 71.2 Å². The third-order valence-corrected chi connectivity index (χ3v) is 5.89. The number of aryl methyl sites for hydroxylation is 4. The highest BCUT2D eigenvalue weighted by Gasteiger charge is 2.18. The topological polar surface area (TPSA) is 96.5 Å². The van der Waals surface area contributed by atoms with E-state index in [9.17, 15) is 14.9 Å². The van der Waals surface area contributed by atoms with E-state index in [2.05, 4.69) is 17.2 Å². The zero-order valence-electron chi connectivity index (χ0n) is 20.6. The van der Waals surface area contributed by atoms with E-state index in [4.69, 9.17) is 4.74 Å². The molecule has 2 aromatic heterocycles. The van der Waals surface area contributed by atoms with E-state index < -0.39 is 11.5 Å². The number of carbonyl (C=O) groups is 1. The minimum atomic E-state index is -0.627. The first-order chi connectivity index (χ1) is 17.3. The number of hydrogen-bond donors (Lipinski definition) is 1. The first kappa shape index (κ1) is 24.4. The summed E-state index contributed by atoms with van der Waals surface area (Å²) in [7, 11) is 0. The number of fused-ring (bicyclic) bond motifs is 1. The molecule has 0 radical (unpaired) electrons. The van der Waals surface area contributed by atoms with E-state index in [0.717, 1.165) is 28.7 Å². The Balaban J connectivity index is 1.82. The van der Waals surface area contributed by atoms with Gasteiger partial charge in [-0.15, -0.1) is 0 Å². The lowest BCUT2D eigenvalue weighted by Gasteiger charge is -2.12. The smallest absolute Gasteiger partial charge is 0.269 e. The molecule has 36 heavy (non-hydrogen) atoms. The van der Waals surface area contributed by atoms with Gasteiger partial charge >= 0.3 is 0 Å². The zero-order valence-corrected chi connectivity index (χ0v) is 20.6. The maximum atomic E-state index is 13.5. The number of nitriles is 1. The highest BCUT2D eigenvalue weighted by molar-refractivity contribution is 6.10. The quantitative estimate of drug-likeness (QED) is 0.291. The lowest BCUT2D eigenvalue weighted by Crippen LogP contribution is -2.21. The summed E-state index contributed by atoms with van der Waals surface area (Å²) >= 11 is 0. The zero-order chi connectivity index (χ0) is 25.8. The van der Waals surface area contributed by atoms with Gasteiger partial charge in [0.2, 0.25) is 5.88 Å². The van der Waals surface area contributed by atoms with Crippen LogP contribution in [0.3, 0.4) is 0 Å². The van der Waals surface area contributed by atoms with Crippen molar-refractivity contribution in [3.05, 3.63) is 105 Å². The van der Waals surface area contributed by atoms with E-state index in [1.54, 1.807) is 24.4 Å². The molecule has 4 rings (SSSR count). The Kier molecular flexibility index (Phi) is 6.98. The van der Waals surface area contributed by atoms with E-state index in [-0.39, 0.29) is 17.0 Å². The minimum Gasteiger partial charge on any atom is -0.438 e. The largest absolute Gasteiger partial charge is 0.438 e. The Morgan fingerprint density at radius 2 is 1.86 bits per heavy atom. The summed E-state index contributed by atoms with van der Waals surface area (Å²) in [6, 6.07) is 18.6. The van der Waals surface area contributed by atoms with Crippen LogP contribution in [0.2, 0.25) is 0 Å². The molecule has 0 saturated carbocycles. The van der Waals surface area contributed by atoms with Crippen molar-refractivity contribution < 1.29 is 9.53 Å². The second kappa shape index (κ2) is 10.3. The molecular weight excluding hydrogens is 452 g/mol. The summed E-state index contributed by atoms with van der Waals surface area (Å²) in [4.78, 5) is 31.1. The second-order valence-corrected chi connectivity index (χ2v) is 8.56. The molecule has 0 aliphatic carbocycles. The van der Waals surface area contributed by atoms with Crippen LogP contribution in [0.25, 0.3) is 11.7 Å². The maximum Gasteiger partial charge on any atom is 0.269 e. The van der Waals surface area contributed by atoms with Crippen molar-refractivity contribution >= 4 is 23.3 Å². The highest BCUT2D eigenvalue weighted by Crippen LogP contribution is 2.26. The standard InChI is InChI=1S/C29H26N4O3/c1-5-21-10-12-23(13-11-21)36-28-24(29(35)33-14-6-7-20(4)26(33)32-28)16-22(17-30)27(34)31-25-15-18(2)8-9-19(25)3/h6-16H,5H2,1-4H3,(H,31,34)/b22-16-. The highest BCUT2D eigenvalue weighted by atomic mass is 16.5. The van der Waals surface area contributed by atoms with Crippen molar-refractivity contribution in [3.63, 3.8) is 0 Å². The minimum absolute atomic E-state index is 0.00494. The Morgan fingerprint density at radius 1 is 1.11 bits per heavy atom. The number of hydrogen-bond acceptors (Lipinski definition) is 5. The number of carbonyl (C=O) groups excluding carboxylic acids is 1. The van der Waals surface area contributed by atoms with Crippen molar-refractivity contribution in [2.45, 2.75) is 34.1 Å². The van der Waals surface area contributed by atoms with Crippen molar-refractivity contribution in [1.29, 1.82) is 5.26 Å². The third-order valence-electron chi connectivity index (χ3n) is 5.89. The molecule has 1 amide bonds. The molecule has 0 atom stereocenters.